The average molecular weight is 304 g/mol. The van der Waals surface area contributed by atoms with E-state index in [9.17, 15) is 9.18 Å². The van der Waals surface area contributed by atoms with E-state index in [-0.39, 0.29) is 5.56 Å². The molecule has 0 aliphatic rings. The quantitative estimate of drug-likeness (QED) is 0.788. The molecule has 0 aliphatic carbocycles. The number of nitrogens with two attached hydrogens (primary N) is 1. The second-order valence-electron chi connectivity index (χ2n) is 4.85. The first-order chi connectivity index (χ1) is 9.99. The Kier molecular flexibility index (Phi) is 3.30. The topological polar surface area (TPSA) is 73.3 Å². The van der Waals surface area contributed by atoms with Crippen molar-refractivity contribution in [3.63, 3.8) is 0 Å². The van der Waals surface area contributed by atoms with Gasteiger partial charge in [0.2, 0.25) is 0 Å². The lowest BCUT2D eigenvalue weighted by atomic mass is 10.0. The number of aryl methyl sites for hydroxylation is 1. The SMILES string of the molecule is Cc1csc2nc(C(C)N)c(-c3cncc(F)c3)c(=O)n12. The van der Waals surface area contributed by atoms with Crippen LogP contribution < -0.4 is 11.3 Å². The van der Waals surface area contributed by atoms with Crippen molar-refractivity contribution >= 4 is 16.3 Å². The van der Waals surface area contributed by atoms with Gasteiger partial charge in [-0.25, -0.2) is 9.37 Å². The van der Waals surface area contributed by atoms with Gasteiger partial charge in [-0.1, -0.05) is 0 Å². The lowest BCUT2D eigenvalue weighted by Crippen LogP contribution is -2.23. The van der Waals surface area contributed by atoms with E-state index in [1.165, 1.54) is 28.0 Å². The number of pyridine rings is 1. The van der Waals surface area contributed by atoms with Gasteiger partial charge >= 0.3 is 0 Å². The van der Waals surface area contributed by atoms with Crippen LogP contribution in [0.25, 0.3) is 16.1 Å². The Morgan fingerprint density at radius 3 is 2.86 bits per heavy atom. The minimum absolute atomic E-state index is 0.251. The molecular weight excluding hydrogens is 291 g/mol. The number of aromatic nitrogens is 3. The summed E-state index contributed by atoms with van der Waals surface area (Å²) in [5.41, 5.74) is 7.62. The van der Waals surface area contributed by atoms with E-state index in [4.69, 9.17) is 5.73 Å². The number of hydrogen-bond acceptors (Lipinski definition) is 5. The summed E-state index contributed by atoms with van der Waals surface area (Å²) in [6.07, 6.45) is 2.54. The standard InChI is InChI=1S/C14H13FN4OS/c1-7-6-21-14-18-12(8(2)16)11(13(20)19(7)14)9-3-10(15)5-17-4-9/h3-6,8H,16H2,1-2H3. The molecule has 3 rings (SSSR count). The average Bonchev–Trinajstić information content (AvgIpc) is 2.80. The summed E-state index contributed by atoms with van der Waals surface area (Å²) in [6, 6.07) is 0.828. The van der Waals surface area contributed by atoms with E-state index >= 15 is 0 Å². The van der Waals surface area contributed by atoms with E-state index in [0.29, 0.717) is 21.8 Å². The van der Waals surface area contributed by atoms with Crippen LogP contribution in [0.5, 0.6) is 0 Å². The maximum atomic E-state index is 13.4. The van der Waals surface area contributed by atoms with Crippen molar-refractivity contribution in [1.29, 1.82) is 0 Å². The largest absolute Gasteiger partial charge is 0.323 e. The first-order valence-corrected chi connectivity index (χ1v) is 7.24. The summed E-state index contributed by atoms with van der Waals surface area (Å²) in [5.74, 6) is -0.505. The molecule has 0 aliphatic heterocycles. The second-order valence-corrected chi connectivity index (χ2v) is 5.69. The van der Waals surface area contributed by atoms with Crippen molar-refractivity contribution in [2.45, 2.75) is 19.9 Å². The molecule has 3 aromatic heterocycles. The lowest BCUT2D eigenvalue weighted by Gasteiger charge is -2.12. The highest BCUT2D eigenvalue weighted by molar-refractivity contribution is 7.15. The van der Waals surface area contributed by atoms with Gasteiger partial charge in [0.15, 0.2) is 4.96 Å². The molecule has 3 aromatic rings. The van der Waals surface area contributed by atoms with Gasteiger partial charge in [-0.05, 0) is 19.9 Å². The predicted octanol–water partition coefficient (Wildman–Crippen LogP) is 2.29. The third kappa shape index (κ3) is 2.24. The van der Waals surface area contributed by atoms with E-state index in [1.54, 1.807) is 6.92 Å². The number of hydrogen-bond donors (Lipinski definition) is 1. The number of fused-ring (bicyclic) bond motifs is 1. The van der Waals surface area contributed by atoms with Crippen LogP contribution in [0.15, 0.2) is 28.6 Å². The molecule has 0 saturated heterocycles. The first-order valence-electron chi connectivity index (χ1n) is 6.36. The summed E-state index contributed by atoms with van der Waals surface area (Å²) in [4.78, 5) is 21.6. The van der Waals surface area contributed by atoms with Crippen molar-refractivity contribution in [3.05, 3.63) is 51.4 Å². The molecule has 1 unspecified atom stereocenters. The van der Waals surface area contributed by atoms with Crippen molar-refractivity contribution in [2.75, 3.05) is 0 Å². The van der Waals surface area contributed by atoms with Crippen LogP contribution in [-0.2, 0) is 0 Å². The lowest BCUT2D eigenvalue weighted by molar-refractivity contribution is 0.622. The number of rotatable bonds is 2. The van der Waals surface area contributed by atoms with Crippen LogP contribution in [0.1, 0.15) is 24.4 Å². The first kappa shape index (κ1) is 13.8. The smallest absolute Gasteiger partial charge is 0.267 e. The van der Waals surface area contributed by atoms with Gasteiger partial charge in [-0.2, -0.15) is 0 Å². The third-order valence-corrected chi connectivity index (χ3v) is 4.14. The fourth-order valence-corrected chi connectivity index (χ4v) is 3.11. The number of nitrogens with zero attached hydrogens (tertiary/aromatic N) is 3. The molecule has 3 heterocycles. The summed E-state index contributed by atoms with van der Waals surface area (Å²) in [6.45, 7) is 3.57. The molecule has 21 heavy (non-hydrogen) atoms. The Bertz CT molecular complexity index is 884. The Morgan fingerprint density at radius 1 is 1.43 bits per heavy atom. The molecule has 2 N–H and O–H groups in total. The summed E-state index contributed by atoms with van der Waals surface area (Å²) in [5, 5.41) is 1.85. The minimum atomic E-state index is -0.505. The highest BCUT2D eigenvalue weighted by Gasteiger charge is 2.19. The molecule has 5 nitrogen and oxygen atoms in total. The van der Waals surface area contributed by atoms with Crippen LogP contribution >= 0.6 is 11.3 Å². The molecule has 0 spiro atoms. The summed E-state index contributed by atoms with van der Waals surface area (Å²) in [7, 11) is 0. The van der Waals surface area contributed by atoms with Crippen LogP contribution in [0.3, 0.4) is 0 Å². The van der Waals surface area contributed by atoms with Gasteiger partial charge in [0, 0.05) is 28.9 Å². The Hall–Kier alpha value is -2.12. The molecular formula is C14H13FN4OS. The van der Waals surface area contributed by atoms with Gasteiger partial charge in [0.25, 0.3) is 5.56 Å². The molecule has 0 radical (unpaired) electrons. The van der Waals surface area contributed by atoms with Gasteiger partial charge < -0.3 is 5.73 Å². The molecule has 0 fully saturated rings. The van der Waals surface area contributed by atoms with Gasteiger partial charge in [-0.15, -0.1) is 11.3 Å². The van der Waals surface area contributed by atoms with Crippen LogP contribution in [0.2, 0.25) is 0 Å². The highest BCUT2D eigenvalue weighted by Crippen LogP contribution is 2.25. The van der Waals surface area contributed by atoms with E-state index in [1.807, 2.05) is 12.3 Å². The minimum Gasteiger partial charge on any atom is -0.323 e. The summed E-state index contributed by atoms with van der Waals surface area (Å²) < 4.78 is 14.9. The molecule has 0 bridgehead atoms. The van der Waals surface area contributed by atoms with Gasteiger partial charge in [0.1, 0.15) is 5.82 Å². The number of thiazole rings is 1. The monoisotopic (exact) mass is 304 g/mol. The zero-order valence-electron chi connectivity index (χ0n) is 11.5. The van der Waals surface area contributed by atoms with Crippen molar-refractivity contribution < 1.29 is 4.39 Å². The zero-order valence-corrected chi connectivity index (χ0v) is 12.3. The Balaban J connectivity index is 2.44. The van der Waals surface area contributed by atoms with Gasteiger partial charge in [-0.3, -0.25) is 14.2 Å². The van der Waals surface area contributed by atoms with E-state index in [0.717, 1.165) is 11.9 Å². The van der Waals surface area contributed by atoms with Crippen molar-refractivity contribution in [2.24, 2.45) is 5.73 Å². The van der Waals surface area contributed by atoms with E-state index in [2.05, 4.69) is 9.97 Å². The molecule has 0 amide bonds. The second kappa shape index (κ2) is 5.01. The molecule has 108 valence electrons. The van der Waals surface area contributed by atoms with Crippen molar-refractivity contribution in [3.8, 4) is 11.1 Å². The maximum absolute atomic E-state index is 13.4. The summed E-state index contributed by atoms with van der Waals surface area (Å²) >= 11 is 1.37. The molecule has 0 saturated carbocycles. The normalized spacial score (nSPS) is 12.8. The third-order valence-electron chi connectivity index (χ3n) is 3.19. The van der Waals surface area contributed by atoms with Crippen molar-refractivity contribution in [1.82, 2.24) is 14.4 Å². The fourth-order valence-electron chi connectivity index (χ4n) is 2.25. The molecule has 1 atom stereocenters. The fraction of sp³-hybridized carbons (Fsp3) is 0.214. The molecule has 0 aromatic carbocycles. The van der Waals surface area contributed by atoms with Crippen LogP contribution in [0.4, 0.5) is 4.39 Å². The van der Waals surface area contributed by atoms with E-state index < -0.39 is 11.9 Å². The Morgan fingerprint density at radius 2 is 2.19 bits per heavy atom. The zero-order chi connectivity index (χ0) is 15.1. The Labute approximate surface area is 123 Å². The number of halogens is 1. The highest BCUT2D eigenvalue weighted by atomic mass is 32.1. The van der Waals surface area contributed by atoms with Crippen LogP contribution in [-0.4, -0.2) is 14.4 Å². The molecule has 7 heteroatoms. The van der Waals surface area contributed by atoms with Gasteiger partial charge in [0.05, 0.1) is 17.5 Å². The maximum Gasteiger partial charge on any atom is 0.267 e. The predicted molar refractivity (Wildman–Crippen MR) is 79.9 cm³/mol. The van der Waals surface area contributed by atoms with Crippen LogP contribution in [0, 0.1) is 12.7 Å².